The van der Waals surface area contributed by atoms with Gasteiger partial charge >= 0.3 is 0 Å². The minimum Gasteiger partial charge on any atom is -0.390 e. The number of rotatable bonds is 3. The molecule has 0 spiro atoms. The first-order valence-electron chi connectivity index (χ1n) is 7.91. The molecule has 18 heavy (non-hydrogen) atoms. The average Bonchev–Trinajstić information content (AvgIpc) is 2.66. The fourth-order valence-electron chi connectivity index (χ4n) is 4.17. The Labute approximate surface area is 112 Å². The molecule has 0 amide bonds. The number of aliphatic hydroxyl groups excluding tert-OH is 1. The van der Waals surface area contributed by atoms with Gasteiger partial charge in [-0.25, -0.2) is 0 Å². The van der Waals surface area contributed by atoms with Crippen molar-refractivity contribution in [1.29, 1.82) is 0 Å². The summed E-state index contributed by atoms with van der Waals surface area (Å²) in [6.07, 6.45) is 12.0. The normalized spacial score (nSPS) is 37.2. The molecular weight excluding hydrogens is 224 g/mol. The summed E-state index contributed by atoms with van der Waals surface area (Å²) in [5.41, 5.74) is -0.243. The molecule has 2 fully saturated rings. The number of aliphatic hydroxyl groups is 1. The third kappa shape index (κ3) is 3.08. The predicted molar refractivity (Wildman–Crippen MR) is 74.6 cm³/mol. The summed E-state index contributed by atoms with van der Waals surface area (Å²) in [6.45, 7) is 2.30. The van der Waals surface area contributed by atoms with Gasteiger partial charge in [0, 0.05) is 7.11 Å². The maximum Gasteiger partial charge on any atom is 0.0941 e. The van der Waals surface area contributed by atoms with E-state index in [4.69, 9.17) is 4.74 Å². The van der Waals surface area contributed by atoms with Gasteiger partial charge in [0.2, 0.25) is 0 Å². The van der Waals surface area contributed by atoms with E-state index in [1.165, 1.54) is 51.4 Å². The Morgan fingerprint density at radius 3 is 2.28 bits per heavy atom. The highest BCUT2D eigenvalue weighted by Crippen LogP contribution is 2.42. The molecule has 2 aliphatic carbocycles. The lowest BCUT2D eigenvalue weighted by atomic mass is 9.71. The molecular formula is C16H30O2. The van der Waals surface area contributed by atoms with Crippen LogP contribution in [0.1, 0.15) is 71.1 Å². The molecule has 2 heteroatoms. The van der Waals surface area contributed by atoms with Gasteiger partial charge in [-0.2, -0.15) is 0 Å². The van der Waals surface area contributed by atoms with Gasteiger partial charge in [-0.05, 0) is 37.5 Å². The summed E-state index contributed by atoms with van der Waals surface area (Å²) in [7, 11) is 1.80. The van der Waals surface area contributed by atoms with Crippen LogP contribution in [0.5, 0.6) is 0 Å². The largest absolute Gasteiger partial charge is 0.390 e. The van der Waals surface area contributed by atoms with Crippen molar-refractivity contribution in [3.8, 4) is 0 Å². The molecule has 0 saturated heterocycles. The Balaban J connectivity index is 2.05. The van der Waals surface area contributed by atoms with Gasteiger partial charge in [0.05, 0.1) is 11.7 Å². The molecule has 0 bridgehead atoms. The van der Waals surface area contributed by atoms with Crippen molar-refractivity contribution >= 4 is 0 Å². The van der Waals surface area contributed by atoms with Gasteiger partial charge in [-0.15, -0.1) is 0 Å². The molecule has 0 heterocycles. The van der Waals surface area contributed by atoms with Crippen LogP contribution in [0.2, 0.25) is 0 Å². The predicted octanol–water partition coefficient (Wildman–Crippen LogP) is 3.91. The first kappa shape index (κ1) is 14.3. The number of ether oxygens (including phenoxy) is 1. The zero-order chi connectivity index (χ0) is 13.0. The highest BCUT2D eigenvalue weighted by Gasteiger charge is 2.44. The Kier molecular flexibility index (Phi) is 5.08. The van der Waals surface area contributed by atoms with Gasteiger partial charge in [-0.3, -0.25) is 0 Å². The van der Waals surface area contributed by atoms with Crippen molar-refractivity contribution in [1.82, 2.24) is 0 Å². The SMILES string of the molecule is COC1(C(O)C2CCCCCC2)CCCC(C)C1. The molecule has 0 aliphatic heterocycles. The van der Waals surface area contributed by atoms with E-state index in [0.717, 1.165) is 12.8 Å². The molecule has 0 radical (unpaired) electrons. The van der Waals surface area contributed by atoms with Crippen LogP contribution in [0.4, 0.5) is 0 Å². The highest BCUT2D eigenvalue weighted by atomic mass is 16.5. The molecule has 3 unspecified atom stereocenters. The maximum absolute atomic E-state index is 10.9. The van der Waals surface area contributed by atoms with Crippen LogP contribution in [0.3, 0.4) is 0 Å². The highest BCUT2D eigenvalue weighted by molar-refractivity contribution is 4.96. The Morgan fingerprint density at radius 2 is 1.72 bits per heavy atom. The summed E-state index contributed by atoms with van der Waals surface area (Å²) < 4.78 is 5.86. The molecule has 106 valence electrons. The Bertz CT molecular complexity index is 245. The molecule has 0 aromatic carbocycles. The van der Waals surface area contributed by atoms with Crippen LogP contribution in [0.15, 0.2) is 0 Å². The zero-order valence-electron chi connectivity index (χ0n) is 12.2. The van der Waals surface area contributed by atoms with Crippen molar-refractivity contribution < 1.29 is 9.84 Å². The zero-order valence-corrected chi connectivity index (χ0v) is 12.2. The van der Waals surface area contributed by atoms with Crippen LogP contribution in [-0.4, -0.2) is 23.9 Å². The van der Waals surface area contributed by atoms with Crippen molar-refractivity contribution in [2.45, 2.75) is 82.8 Å². The molecule has 2 rings (SSSR count). The minimum atomic E-state index is -0.247. The molecule has 2 aliphatic rings. The Morgan fingerprint density at radius 1 is 1.06 bits per heavy atom. The van der Waals surface area contributed by atoms with Gasteiger partial charge in [-0.1, -0.05) is 45.4 Å². The minimum absolute atomic E-state index is 0.243. The van der Waals surface area contributed by atoms with E-state index in [-0.39, 0.29) is 11.7 Å². The van der Waals surface area contributed by atoms with E-state index in [1.807, 2.05) is 0 Å². The standard InChI is InChI=1S/C16H30O2/c1-13-8-7-11-16(12-13,18-2)15(17)14-9-5-3-4-6-10-14/h13-15,17H,3-12H2,1-2H3. The summed E-state index contributed by atoms with van der Waals surface area (Å²) in [5, 5.41) is 10.9. The van der Waals surface area contributed by atoms with Crippen molar-refractivity contribution in [2.24, 2.45) is 11.8 Å². The Hall–Kier alpha value is -0.0800. The molecule has 0 aromatic heterocycles. The van der Waals surface area contributed by atoms with Crippen LogP contribution in [0.25, 0.3) is 0 Å². The van der Waals surface area contributed by atoms with Crippen LogP contribution < -0.4 is 0 Å². The number of hydrogen-bond acceptors (Lipinski definition) is 2. The second kappa shape index (κ2) is 6.38. The van der Waals surface area contributed by atoms with Gasteiger partial charge in [0.15, 0.2) is 0 Å². The van der Waals surface area contributed by atoms with Crippen molar-refractivity contribution in [2.75, 3.05) is 7.11 Å². The van der Waals surface area contributed by atoms with Gasteiger partial charge < -0.3 is 9.84 Å². The first-order chi connectivity index (χ1) is 8.68. The van der Waals surface area contributed by atoms with Crippen molar-refractivity contribution in [3.05, 3.63) is 0 Å². The van der Waals surface area contributed by atoms with E-state index in [1.54, 1.807) is 7.11 Å². The lowest BCUT2D eigenvalue weighted by Crippen LogP contribution is -2.50. The first-order valence-corrected chi connectivity index (χ1v) is 7.91. The topological polar surface area (TPSA) is 29.5 Å². The maximum atomic E-state index is 10.9. The van der Waals surface area contributed by atoms with Crippen LogP contribution in [0, 0.1) is 11.8 Å². The van der Waals surface area contributed by atoms with Crippen LogP contribution >= 0.6 is 0 Å². The van der Waals surface area contributed by atoms with Gasteiger partial charge in [0.25, 0.3) is 0 Å². The summed E-state index contributed by atoms with van der Waals surface area (Å²) in [5.74, 6) is 1.16. The van der Waals surface area contributed by atoms with E-state index >= 15 is 0 Å². The van der Waals surface area contributed by atoms with E-state index in [0.29, 0.717) is 11.8 Å². The molecule has 0 aromatic rings. The van der Waals surface area contributed by atoms with Gasteiger partial charge in [0.1, 0.15) is 0 Å². The average molecular weight is 254 g/mol. The third-order valence-electron chi connectivity index (χ3n) is 5.28. The summed E-state index contributed by atoms with van der Waals surface area (Å²) >= 11 is 0. The van der Waals surface area contributed by atoms with E-state index in [9.17, 15) is 5.11 Å². The second-order valence-electron chi connectivity index (χ2n) is 6.67. The quantitative estimate of drug-likeness (QED) is 0.774. The van der Waals surface area contributed by atoms with E-state index < -0.39 is 0 Å². The summed E-state index contributed by atoms with van der Waals surface area (Å²) in [4.78, 5) is 0. The lowest BCUT2D eigenvalue weighted by Gasteiger charge is -2.45. The smallest absolute Gasteiger partial charge is 0.0941 e. The summed E-state index contributed by atoms with van der Waals surface area (Å²) in [6, 6.07) is 0. The van der Waals surface area contributed by atoms with Crippen LogP contribution in [-0.2, 0) is 4.74 Å². The molecule has 2 nitrogen and oxygen atoms in total. The number of methoxy groups -OCH3 is 1. The third-order valence-corrected chi connectivity index (χ3v) is 5.28. The fraction of sp³-hybridized carbons (Fsp3) is 1.00. The fourth-order valence-corrected chi connectivity index (χ4v) is 4.17. The molecule has 2 saturated carbocycles. The monoisotopic (exact) mass is 254 g/mol. The second-order valence-corrected chi connectivity index (χ2v) is 6.67. The van der Waals surface area contributed by atoms with E-state index in [2.05, 4.69) is 6.92 Å². The molecule has 3 atom stereocenters. The number of hydrogen-bond donors (Lipinski definition) is 1. The molecule has 1 N–H and O–H groups in total. The lowest BCUT2D eigenvalue weighted by molar-refractivity contribution is -0.151. The van der Waals surface area contributed by atoms with Crippen molar-refractivity contribution in [3.63, 3.8) is 0 Å².